The Morgan fingerprint density at radius 2 is 1.63 bits per heavy atom. The Balaban J connectivity index is 0.989. The molecule has 7 nitrogen and oxygen atoms in total. The number of sulfone groups is 1. The quantitative estimate of drug-likeness (QED) is 0.191. The fourth-order valence-corrected chi connectivity index (χ4v) is 16.4. The molecular weight excluding hydrogens is 729 g/mol. The Hall–Kier alpha value is -2.26. The van der Waals surface area contributed by atoms with Crippen LogP contribution in [0.25, 0.3) is 0 Å². The molecule has 0 spiro atoms. The first-order chi connectivity index (χ1) is 26.9. The SMILES string of the molecule is C=C(C)[C@@H]1CC[C@]2(NCCN3CCS(=O)(=O)CC3)CC[C@]3(C)[C@H](CC[C@@H]4[C@@]5(C)CC=C(C6=CCC(O)(C(=O)OCc7ccccc7)CC6)C(C)(C)[C@@H]5CC[C@]43C)[C@@H]12. The van der Waals surface area contributed by atoms with Gasteiger partial charge in [-0.25, -0.2) is 13.2 Å². The Bertz CT molecular complexity index is 1890. The normalized spacial score (nSPS) is 42.3. The zero-order valence-electron chi connectivity index (χ0n) is 36.0. The molecule has 1 aromatic carbocycles. The summed E-state index contributed by atoms with van der Waals surface area (Å²) in [6.07, 6.45) is 17.3. The molecule has 8 rings (SSSR count). The fourth-order valence-electron chi connectivity index (χ4n) is 15.2. The van der Waals surface area contributed by atoms with Gasteiger partial charge in [-0.1, -0.05) is 89.3 Å². The molecule has 2 N–H and O–H groups in total. The molecule has 1 heterocycles. The van der Waals surface area contributed by atoms with E-state index in [1.165, 1.54) is 68.1 Å². The van der Waals surface area contributed by atoms with E-state index in [4.69, 9.17) is 4.74 Å². The number of hydrogen-bond acceptors (Lipinski definition) is 7. The molecule has 4 saturated carbocycles. The topological polar surface area (TPSA) is 95.9 Å². The van der Waals surface area contributed by atoms with Gasteiger partial charge in [-0.3, -0.25) is 0 Å². The average Bonchev–Trinajstić information content (AvgIpc) is 3.56. The van der Waals surface area contributed by atoms with Gasteiger partial charge in [0.1, 0.15) is 6.61 Å². The van der Waals surface area contributed by atoms with E-state index < -0.39 is 21.4 Å². The molecule has 6 aliphatic carbocycles. The van der Waals surface area contributed by atoms with Crippen molar-refractivity contribution in [2.24, 2.45) is 51.2 Å². The smallest absolute Gasteiger partial charge is 0.338 e. The highest BCUT2D eigenvalue weighted by Gasteiger charge is 2.70. The summed E-state index contributed by atoms with van der Waals surface area (Å²) in [4.78, 5) is 15.5. The minimum Gasteiger partial charge on any atom is -0.459 e. The molecule has 314 valence electrons. The van der Waals surface area contributed by atoms with Crippen molar-refractivity contribution in [2.45, 2.75) is 136 Å². The van der Waals surface area contributed by atoms with Crippen LogP contribution in [0.2, 0.25) is 0 Å². The molecule has 1 saturated heterocycles. The van der Waals surface area contributed by atoms with Crippen LogP contribution in [0.4, 0.5) is 0 Å². The van der Waals surface area contributed by atoms with E-state index in [-0.39, 0.29) is 33.8 Å². The molecule has 0 amide bonds. The highest BCUT2D eigenvalue weighted by atomic mass is 32.2. The Labute approximate surface area is 344 Å². The Kier molecular flexibility index (Phi) is 10.7. The zero-order valence-corrected chi connectivity index (χ0v) is 36.8. The number of benzene rings is 1. The van der Waals surface area contributed by atoms with Gasteiger partial charge in [0.15, 0.2) is 15.4 Å². The molecule has 5 fully saturated rings. The van der Waals surface area contributed by atoms with Crippen molar-refractivity contribution in [3.8, 4) is 0 Å². The number of carbonyl (C=O) groups excluding carboxylic acids is 1. The highest BCUT2D eigenvalue weighted by Crippen LogP contribution is 2.76. The van der Waals surface area contributed by atoms with E-state index in [1.54, 1.807) is 0 Å². The minimum absolute atomic E-state index is 0.00186. The van der Waals surface area contributed by atoms with Gasteiger partial charge in [0.2, 0.25) is 0 Å². The zero-order chi connectivity index (χ0) is 40.6. The van der Waals surface area contributed by atoms with Crippen LogP contribution in [0, 0.1) is 51.2 Å². The van der Waals surface area contributed by atoms with E-state index in [0.717, 1.165) is 25.1 Å². The summed E-state index contributed by atoms with van der Waals surface area (Å²) in [6, 6.07) is 9.69. The number of ether oxygens (including phenoxy) is 1. The van der Waals surface area contributed by atoms with Crippen molar-refractivity contribution >= 4 is 15.8 Å². The summed E-state index contributed by atoms with van der Waals surface area (Å²) in [6.45, 7) is 23.3. The second-order valence-electron chi connectivity index (χ2n) is 21.3. The largest absolute Gasteiger partial charge is 0.459 e. The lowest BCUT2D eigenvalue weighted by Crippen LogP contribution is -2.68. The number of nitrogens with zero attached hydrogens (tertiary/aromatic N) is 1. The highest BCUT2D eigenvalue weighted by molar-refractivity contribution is 7.91. The molecular formula is C49H72N2O5S. The van der Waals surface area contributed by atoms with Crippen molar-refractivity contribution < 1.29 is 23.1 Å². The molecule has 7 aliphatic rings. The monoisotopic (exact) mass is 801 g/mol. The van der Waals surface area contributed by atoms with Gasteiger partial charge in [0.05, 0.1) is 11.5 Å². The summed E-state index contributed by atoms with van der Waals surface area (Å²) in [7, 11) is -2.87. The molecule has 0 bridgehead atoms. The van der Waals surface area contributed by atoms with Crippen LogP contribution >= 0.6 is 0 Å². The summed E-state index contributed by atoms with van der Waals surface area (Å²) < 4.78 is 29.8. The van der Waals surface area contributed by atoms with Crippen LogP contribution in [-0.2, 0) is 26.0 Å². The Morgan fingerprint density at radius 3 is 2.32 bits per heavy atom. The molecule has 0 radical (unpaired) electrons. The van der Waals surface area contributed by atoms with E-state index in [0.29, 0.717) is 73.4 Å². The number of hydrogen-bond donors (Lipinski definition) is 2. The molecule has 1 unspecified atom stereocenters. The van der Waals surface area contributed by atoms with Gasteiger partial charge >= 0.3 is 5.97 Å². The van der Waals surface area contributed by atoms with Crippen LogP contribution < -0.4 is 5.32 Å². The third-order valence-electron chi connectivity index (χ3n) is 18.4. The van der Waals surface area contributed by atoms with Gasteiger partial charge < -0.3 is 20.1 Å². The van der Waals surface area contributed by atoms with E-state index in [2.05, 4.69) is 70.5 Å². The van der Waals surface area contributed by atoms with Crippen LogP contribution in [0.15, 0.2) is 65.8 Å². The number of rotatable bonds is 9. The third-order valence-corrected chi connectivity index (χ3v) is 20.0. The van der Waals surface area contributed by atoms with Crippen LogP contribution in [-0.4, -0.2) is 73.2 Å². The molecule has 10 atom stereocenters. The maximum absolute atomic E-state index is 13.1. The van der Waals surface area contributed by atoms with E-state index in [1.807, 2.05) is 30.3 Å². The molecule has 0 aromatic heterocycles. The van der Waals surface area contributed by atoms with Gasteiger partial charge in [-0.15, -0.1) is 0 Å². The summed E-state index contributed by atoms with van der Waals surface area (Å²) in [5.41, 5.74) is 4.47. The number of carbonyl (C=O) groups is 1. The van der Waals surface area contributed by atoms with Gasteiger partial charge in [0, 0.05) is 38.1 Å². The lowest BCUT2D eigenvalue weighted by Gasteiger charge is -2.72. The molecule has 8 heteroatoms. The maximum atomic E-state index is 13.1. The first kappa shape index (κ1) is 41.5. The lowest BCUT2D eigenvalue weighted by molar-refractivity contribution is -0.221. The average molecular weight is 801 g/mol. The van der Waals surface area contributed by atoms with Crippen molar-refractivity contribution in [2.75, 3.05) is 37.7 Å². The number of fused-ring (bicyclic) bond motifs is 7. The predicted molar refractivity (Wildman–Crippen MR) is 229 cm³/mol. The number of nitrogens with one attached hydrogen (secondary N) is 1. The van der Waals surface area contributed by atoms with Crippen LogP contribution in [0.3, 0.4) is 0 Å². The van der Waals surface area contributed by atoms with Crippen LogP contribution in [0.1, 0.15) is 124 Å². The van der Waals surface area contributed by atoms with Crippen molar-refractivity contribution in [1.29, 1.82) is 0 Å². The van der Waals surface area contributed by atoms with Gasteiger partial charge in [0.25, 0.3) is 0 Å². The summed E-state index contributed by atoms with van der Waals surface area (Å²) in [5, 5.41) is 15.7. The van der Waals surface area contributed by atoms with Crippen LogP contribution in [0.5, 0.6) is 0 Å². The lowest BCUT2D eigenvalue weighted by atomic mass is 9.33. The maximum Gasteiger partial charge on any atom is 0.338 e. The predicted octanol–water partition coefficient (Wildman–Crippen LogP) is 8.84. The standard InChI is InChI=1S/C49H72N2O5S/c1-34(2)37-17-22-48(50-27-28-51-29-31-57(54,55)32-30-51)26-25-46(6)39(42(37)48)13-14-41-45(5)20-18-38(44(3,4)40(45)19-21-47(41,46)7)36-15-23-49(53,24-16-36)43(52)56-33-35-11-9-8-10-12-35/h8-12,15,18,37,39-42,50,53H,1,13-14,16-17,19-33H2,2-7H3/t37-,39+,40-,41+,42+,45-,46+,47+,48-,49?/m0/s1. The van der Waals surface area contributed by atoms with Crippen molar-refractivity contribution in [1.82, 2.24) is 10.2 Å². The second-order valence-corrected chi connectivity index (χ2v) is 23.6. The number of esters is 1. The third kappa shape index (κ3) is 6.87. The molecule has 1 aliphatic heterocycles. The second kappa shape index (κ2) is 14.7. The molecule has 57 heavy (non-hydrogen) atoms. The van der Waals surface area contributed by atoms with Crippen molar-refractivity contribution in [3.05, 3.63) is 71.3 Å². The van der Waals surface area contributed by atoms with Gasteiger partial charge in [-0.05, 0) is 146 Å². The molecule has 1 aromatic rings. The first-order valence-corrected chi connectivity index (χ1v) is 24.4. The summed E-state index contributed by atoms with van der Waals surface area (Å²) in [5.74, 6) is 3.13. The summed E-state index contributed by atoms with van der Waals surface area (Å²) >= 11 is 0. The van der Waals surface area contributed by atoms with Gasteiger partial charge in [-0.2, -0.15) is 0 Å². The fraction of sp³-hybridized carbons (Fsp3) is 0.735. The number of aliphatic hydroxyl groups is 1. The van der Waals surface area contributed by atoms with Crippen molar-refractivity contribution in [3.63, 3.8) is 0 Å². The van der Waals surface area contributed by atoms with E-state index in [9.17, 15) is 18.3 Å². The van der Waals surface area contributed by atoms with E-state index >= 15 is 0 Å². The number of allylic oxidation sites excluding steroid dienone is 4. The minimum atomic E-state index is -2.87. The Morgan fingerprint density at radius 1 is 0.895 bits per heavy atom. The first-order valence-electron chi connectivity index (χ1n) is 22.5.